The first kappa shape index (κ1) is 13.5. The third kappa shape index (κ3) is 3.30. The summed E-state index contributed by atoms with van der Waals surface area (Å²) >= 11 is 0. The molecule has 0 bridgehead atoms. The number of aromatic nitrogens is 4. The lowest BCUT2D eigenvalue weighted by molar-refractivity contribution is 0.0202. The van der Waals surface area contributed by atoms with Gasteiger partial charge in [0.05, 0.1) is 19.5 Å². The topological polar surface area (TPSA) is 108 Å². The first-order valence-corrected chi connectivity index (χ1v) is 6.08. The minimum atomic E-state index is -0.354. The highest BCUT2D eigenvalue weighted by molar-refractivity contribution is 5.70. The molecular formula is C11H17N5O3. The zero-order valence-electron chi connectivity index (χ0n) is 10.8. The Bertz CT molecular complexity index is 592. The largest absolute Gasteiger partial charge is 0.379 e. The molecule has 0 atom stereocenters. The fourth-order valence-corrected chi connectivity index (χ4v) is 1.59. The number of anilines is 1. The Kier molecular flexibility index (Phi) is 4.48. The number of nitrogens with zero attached hydrogens (tertiary/aromatic N) is 3. The van der Waals surface area contributed by atoms with Gasteiger partial charge in [-0.3, -0.25) is 14.3 Å². The van der Waals surface area contributed by atoms with Crippen molar-refractivity contribution in [3.05, 3.63) is 16.7 Å². The predicted molar refractivity (Wildman–Crippen MR) is 69.6 cm³/mol. The van der Waals surface area contributed by atoms with Crippen LogP contribution in [0.3, 0.4) is 0 Å². The van der Waals surface area contributed by atoms with Gasteiger partial charge in [0.15, 0.2) is 11.2 Å². The summed E-state index contributed by atoms with van der Waals surface area (Å²) in [5, 5.41) is 0. The van der Waals surface area contributed by atoms with E-state index in [4.69, 9.17) is 15.2 Å². The Morgan fingerprint density at radius 1 is 1.37 bits per heavy atom. The van der Waals surface area contributed by atoms with Crippen LogP contribution < -0.4 is 11.3 Å². The van der Waals surface area contributed by atoms with Crippen LogP contribution in [-0.4, -0.2) is 39.3 Å². The lowest BCUT2D eigenvalue weighted by atomic mass is 10.5. The Morgan fingerprint density at radius 3 is 2.95 bits per heavy atom. The molecule has 0 saturated heterocycles. The van der Waals surface area contributed by atoms with Crippen LogP contribution in [0.5, 0.6) is 0 Å². The first-order chi connectivity index (χ1) is 9.22. The Morgan fingerprint density at radius 2 is 2.16 bits per heavy atom. The van der Waals surface area contributed by atoms with Crippen LogP contribution in [0.15, 0.2) is 11.1 Å². The lowest BCUT2D eigenvalue weighted by Gasteiger charge is -2.06. The van der Waals surface area contributed by atoms with Gasteiger partial charge >= 0.3 is 0 Å². The zero-order valence-corrected chi connectivity index (χ0v) is 10.8. The molecule has 0 unspecified atom stereocenters. The number of rotatable bonds is 7. The molecule has 2 aromatic rings. The lowest BCUT2D eigenvalue weighted by Crippen LogP contribution is -2.13. The molecule has 2 heterocycles. The maximum Gasteiger partial charge on any atom is 0.280 e. The summed E-state index contributed by atoms with van der Waals surface area (Å²) in [6.07, 6.45) is 2.48. The van der Waals surface area contributed by atoms with Crippen molar-refractivity contribution in [2.45, 2.75) is 20.1 Å². The molecule has 8 heteroatoms. The van der Waals surface area contributed by atoms with Gasteiger partial charge < -0.3 is 15.2 Å². The molecule has 0 aliphatic rings. The van der Waals surface area contributed by atoms with Crippen molar-refractivity contribution in [3.63, 3.8) is 0 Å². The quantitative estimate of drug-likeness (QED) is 0.689. The molecular weight excluding hydrogens is 250 g/mol. The number of imidazole rings is 1. The van der Waals surface area contributed by atoms with Crippen molar-refractivity contribution in [2.24, 2.45) is 0 Å². The summed E-state index contributed by atoms with van der Waals surface area (Å²) in [5.74, 6) is 0.0607. The van der Waals surface area contributed by atoms with E-state index in [-0.39, 0.29) is 23.8 Å². The number of hydrogen-bond acceptors (Lipinski definition) is 6. The van der Waals surface area contributed by atoms with Crippen molar-refractivity contribution >= 4 is 17.1 Å². The average Bonchev–Trinajstić information content (AvgIpc) is 2.77. The van der Waals surface area contributed by atoms with E-state index in [1.165, 1.54) is 6.33 Å². The molecule has 2 aromatic heterocycles. The highest BCUT2D eigenvalue weighted by Crippen LogP contribution is 2.06. The van der Waals surface area contributed by atoms with Gasteiger partial charge in [-0.15, -0.1) is 0 Å². The molecule has 0 aliphatic heterocycles. The summed E-state index contributed by atoms with van der Waals surface area (Å²) in [7, 11) is 0. The monoisotopic (exact) mass is 267 g/mol. The van der Waals surface area contributed by atoms with Gasteiger partial charge in [0.1, 0.15) is 6.73 Å². The predicted octanol–water partition coefficient (Wildman–Crippen LogP) is 0.103. The first-order valence-electron chi connectivity index (χ1n) is 6.08. The number of nitrogens with two attached hydrogens (primary N) is 1. The highest BCUT2D eigenvalue weighted by Gasteiger charge is 2.08. The normalized spacial score (nSPS) is 11.2. The Hall–Kier alpha value is -1.93. The summed E-state index contributed by atoms with van der Waals surface area (Å²) < 4.78 is 12.3. The third-order valence-electron chi connectivity index (χ3n) is 2.44. The third-order valence-corrected chi connectivity index (χ3v) is 2.44. The van der Waals surface area contributed by atoms with Gasteiger partial charge in [0.2, 0.25) is 5.95 Å². The number of nitrogens with one attached hydrogen (secondary N) is 1. The minimum absolute atomic E-state index is 0.0607. The molecule has 0 fully saturated rings. The van der Waals surface area contributed by atoms with E-state index in [2.05, 4.69) is 15.0 Å². The van der Waals surface area contributed by atoms with E-state index in [1.54, 1.807) is 4.57 Å². The Labute approximate surface area is 109 Å². The standard InChI is InChI=1S/C11H17N5O3/c1-2-3-18-4-5-19-7-16-6-13-8-9(16)14-11(12)15-10(8)17/h6H,2-5,7H2,1H3,(H3,12,14,15,17). The van der Waals surface area contributed by atoms with Crippen molar-refractivity contribution < 1.29 is 9.47 Å². The molecule has 8 nitrogen and oxygen atoms in total. The van der Waals surface area contributed by atoms with Crippen LogP contribution in [0.25, 0.3) is 11.2 Å². The van der Waals surface area contributed by atoms with Crippen molar-refractivity contribution in [3.8, 4) is 0 Å². The molecule has 0 spiro atoms. The zero-order chi connectivity index (χ0) is 13.7. The maximum atomic E-state index is 11.5. The van der Waals surface area contributed by atoms with Crippen LogP contribution in [-0.2, 0) is 16.2 Å². The highest BCUT2D eigenvalue weighted by atomic mass is 16.5. The van der Waals surface area contributed by atoms with Crippen LogP contribution in [0, 0.1) is 0 Å². The van der Waals surface area contributed by atoms with E-state index >= 15 is 0 Å². The van der Waals surface area contributed by atoms with Gasteiger partial charge in [0.25, 0.3) is 5.56 Å². The fourth-order valence-electron chi connectivity index (χ4n) is 1.59. The number of ether oxygens (including phenoxy) is 2. The van der Waals surface area contributed by atoms with Gasteiger partial charge in [0, 0.05) is 6.61 Å². The molecule has 0 saturated carbocycles. The number of H-pyrrole nitrogens is 1. The second-order valence-electron chi connectivity index (χ2n) is 3.99. The van der Waals surface area contributed by atoms with Crippen LogP contribution in [0.2, 0.25) is 0 Å². The number of fused-ring (bicyclic) bond motifs is 1. The molecule has 0 aromatic carbocycles. The van der Waals surface area contributed by atoms with Crippen LogP contribution in [0.1, 0.15) is 13.3 Å². The van der Waals surface area contributed by atoms with E-state index in [0.717, 1.165) is 13.0 Å². The van der Waals surface area contributed by atoms with Crippen LogP contribution >= 0.6 is 0 Å². The molecule has 0 aliphatic carbocycles. The summed E-state index contributed by atoms with van der Waals surface area (Å²) in [5.41, 5.74) is 5.80. The van der Waals surface area contributed by atoms with Crippen molar-refractivity contribution in [1.29, 1.82) is 0 Å². The molecule has 0 radical (unpaired) electrons. The number of hydrogen-bond donors (Lipinski definition) is 2. The number of aromatic amines is 1. The summed E-state index contributed by atoms with van der Waals surface area (Å²) in [6, 6.07) is 0. The molecule has 3 N–H and O–H groups in total. The molecule has 104 valence electrons. The summed E-state index contributed by atoms with van der Waals surface area (Å²) in [4.78, 5) is 22.0. The van der Waals surface area contributed by atoms with Crippen LogP contribution in [0.4, 0.5) is 5.95 Å². The SMILES string of the molecule is CCCOCCOCn1cnc2c(=O)[nH]c(N)nc21. The van der Waals surface area contributed by atoms with Crippen molar-refractivity contribution in [1.82, 2.24) is 19.5 Å². The maximum absolute atomic E-state index is 11.5. The average molecular weight is 267 g/mol. The minimum Gasteiger partial charge on any atom is -0.379 e. The van der Waals surface area contributed by atoms with E-state index in [9.17, 15) is 4.79 Å². The van der Waals surface area contributed by atoms with Gasteiger partial charge in [-0.2, -0.15) is 4.98 Å². The molecule has 0 amide bonds. The summed E-state index contributed by atoms with van der Waals surface area (Å²) in [6.45, 7) is 4.04. The van der Waals surface area contributed by atoms with Crippen molar-refractivity contribution in [2.75, 3.05) is 25.6 Å². The fraction of sp³-hybridized carbons (Fsp3) is 0.545. The van der Waals surface area contributed by atoms with Gasteiger partial charge in [-0.25, -0.2) is 4.98 Å². The van der Waals surface area contributed by atoms with Gasteiger partial charge in [-0.05, 0) is 6.42 Å². The molecule has 2 rings (SSSR count). The Balaban J connectivity index is 1.96. The molecule has 19 heavy (non-hydrogen) atoms. The second-order valence-corrected chi connectivity index (χ2v) is 3.99. The van der Waals surface area contributed by atoms with E-state index in [1.807, 2.05) is 6.92 Å². The second kappa shape index (κ2) is 6.30. The van der Waals surface area contributed by atoms with E-state index in [0.29, 0.717) is 18.9 Å². The smallest absolute Gasteiger partial charge is 0.280 e. The van der Waals surface area contributed by atoms with E-state index < -0.39 is 0 Å². The van der Waals surface area contributed by atoms with Gasteiger partial charge in [-0.1, -0.05) is 6.92 Å². The number of nitrogen functional groups attached to an aromatic ring is 1.